The molecule has 0 amide bonds. The van der Waals surface area contributed by atoms with Crippen LogP contribution in [0.5, 0.6) is 0 Å². The van der Waals surface area contributed by atoms with Crippen LogP contribution in [0.25, 0.3) is 27.8 Å². The summed E-state index contributed by atoms with van der Waals surface area (Å²) in [5.41, 5.74) is 11.0. The first-order valence-electron chi connectivity index (χ1n) is 16.6. The standard InChI is InChI=1S/C34H48N6O6/c1-3-42-14-15-44-18-19-46-21-20-45-17-16-43-13-5-8-29(41)25-9-11-26(12-10-25)34-39-31(32-33(35)36-23-37-40(32)34)28-22-27-7-4-6-24(2)30(27)38-28/h4,6-7,22-23,25-26,38H,3,5,8-21H2,1-2H3,(H2,35,36,37). The van der Waals surface area contributed by atoms with Crippen molar-refractivity contribution in [3.8, 4) is 11.4 Å². The van der Waals surface area contributed by atoms with E-state index in [-0.39, 0.29) is 11.8 Å². The number of nitrogens with zero attached hydrogens (tertiary/aromatic N) is 4. The van der Waals surface area contributed by atoms with Crippen LogP contribution in [-0.4, -0.2) is 96.4 Å². The second-order valence-electron chi connectivity index (χ2n) is 11.7. The topological polar surface area (TPSA) is 148 Å². The number of ether oxygens (including phenoxy) is 5. The first-order valence-corrected chi connectivity index (χ1v) is 16.6. The van der Waals surface area contributed by atoms with Crippen molar-refractivity contribution in [2.24, 2.45) is 5.92 Å². The molecular weight excluding hydrogens is 588 g/mol. The van der Waals surface area contributed by atoms with Crippen LogP contribution < -0.4 is 5.73 Å². The Hall–Kier alpha value is -3.42. The SMILES string of the molecule is CCOCCOCCOCCOCCOCCCC(=O)C1CCC(c2nc(-c3cc4cccc(C)c4[nH]3)c3c(N)ncnn23)CC1. The molecule has 4 aromatic rings. The summed E-state index contributed by atoms with van der Waals surface area (Å²) < 4.78 is 29.1. The summed E-state index contributed by atoms with van der Waals surface area (Å²) in [7, 11) is 0. The first kappa shape index (κ1) is 33.9. The number of fused-ring (bicyclic) bond motifs is 2. The maximum absolute atomic E-state index is 13.0. The van der Waals surface area contributed by atoms with Crippen molar-refractivity contribution in [2.75, 3.05) is 71.8 Å². The molecule has 1 aliphatic carbocycles. The number of rotatable bonds is 20. The Morgan fingerprint density at radius 2 is 1.59 bits per heavy atom. The lowest BCUT2D eigenvalue weighted by Crippen LogP contribution is -2.22. The molecule has 3 aromatic heterocycles. The number of aryl methyl sites for hydroxylation is 1. The molecule has 1 aromatic carbocycles. The lowest BCUT2D eigenvalue weighted by molar-refractivity contribution is -0.124. The number of carbonyl (C=O) groups is 1. The first-order chi connectivity index (χ1) is 22.6. The molecule has 5 rings (SSSR count). The zero-order valence-electron chi connectivity index (χ0n) is 27.2. The molecule has 0 unspecified atom stereocenters. The van der Waals surface area contributed by atoms with Crippen molar-refractivity contribution >= 4 is 28.0 Å². The highest BCUT2D eigenvalue weighted by molar-refractivity contribution is 5.92. The molecule has 0 saturated heterocycles. The van der Waals surface area contributed by atoms with Gasteiger partial charge in [-0.3, -0.25) is 4.79 Å². The van der Waals surface area contributed by atoms with Crippen molar-refractivity contribution in [1.82, 2.24) is 24.6 Å². The Morgan fingerprint density at radius 1 is 0.935 bits per heavy atom. The Labute approximate surface area is 270 Å². The highest BCUT2D eigenvalue weighted by Gasteiger charge is 2.31. The van der Waals surface area contributed by atoms with Gasteiger partial charge >= 0.3 is 0 Å². The number of aromatic nitrogens is 5. The largest absolute Gasteiger partial charge is 0.382 e. The van der Waals surface area contributed by atoms with Crippen molar-refractivity contribution < 1.29 is 28.5 Å². The molecule has 0 radical (unpaired) electrons. The molecule has 1 saturated carbocycles. The zero-order chi connectivity index (χ0) is 32.1. The van der Waals surface area contributed by atoms with Gasteiger partial charge in [0.2, 0.25) is 0 Å². The molecule has 0 bridgehead atoms. The summed E-state index contributed by atoms with van der Waals surface area (Å²) >= 11 is 0. The average Bonchev–Trinajstić information content (AvgIpc) is 3.68. The number of ketones is 1. The van der Waals surface area contributed by atoms with E-state index in [0.29, 0.717) is 89.6 Å². The van der Waals surface area contributed by atoms with E-state index in [0.717, 1.165) is 60.2 Å². The molecule has 0 aliphatic heterocycles. The molecule has 3 N–H and O–H groups in total. The predicted molar refractivity (Wildman–Crippen MR) is 176 cm³/mol. The van der Waals surface area contributed by atoms with Crippen LogP contribution in [0.2, 0.25) is 0 Å². The van der Waals surface area contributed by atoms with Gasteiger partial charge in [-0.1, -0.05) is 18.2 Å². The molecule has 0 atom stereocenters. The van der Waals surface area contributed by atoms with Gasteiger partial charge in [0.25, 0.3) is 0 Å². The highest BCUT2D eigenvalue weighted by Crippen LogP contribution is 2.39. The van der Waals surface area contributed by atoms with Crippen LogP contribution in [0.4, 0.5) is 5.82 Å². The maximum atomic E-state index is 13.0. The minimum absolute atomic E-state index is 0.0803. The van der Waals surface area contributed by atoms with Crippen LogP contribution in [0.1, 0.15) is 62.8 Å². The van der Waals surface area contributed by atoms with Gasteiger partial charge < -0.3 is 34.4 Å². The highest BCUT2D eigenvalue weighted by atomic mass is 16.6. The molecule has 46 heavy (non-hydrogen) atoms. The van der Waals surface area contributed by atoms with Gasteiger partial charge in [0, 0.05) is 42.4 Å². The van der Waals surface area contributed by atoms with Crippen molar-refractivity contribution in [2.45, 2.75) is 58.3 Å². The summed E-state index contributed by atoms with van der Waals surface area (Å²) in [5.74, 6) is 1.88. The van der Waals surface area contributed by atoms with Gasteiger partial charge in [0.1, 0.15) is 29.1 Å². The van der Waals surface area contributed by atoms with Crippen LogP contribution >= 0.6 is 0 Å². The van der Waals surface area contributed by atoms with E-state index in [1.54, 1.807) is 0 Å². The van der Waals surface area contributed by atoms with Crippen LogP contribution in [0.15, 0.2) is 30.6 Å². The lowest BCUT2D eigenvalue weighted by Gasteiger charge is -2.26. The summed E-state index contributed by atoms with van der Waals surface area (Å²) in [6, 6.07) is 8.33. The van der Waals surface area contributed by atoms with E-state index in [1.807, 2.05) is 11.4 Å². The molecule has 12 nitrogen and oxygen atoms in total. The van der Waals surface area contributed by atoms with E-state index in [9.17, 15) is 4.79 Å². The molecule has 1 aliphatic rings. The van der Waals surface area contributed by atoms with Crippen molar-refractivity contribution in [1.29, 1.82) is 0 Å². The van der Waals surface area contributed by atoms with Gasteiger partial charge in [0.05, 0.1) is 58.5 Å². The van der Waals surface area contributed by atoms with E-state index < -0.39 is 0 Å². The van der Waals surface area contributed by atoms with Gasteiger partial charge in [-0.15, -0.1) is 0 Å². The van der Waals surface area contributed by atoms with E-state index in [4.69, 9.17) is 34.4 Å². The monoisotopic (exact) mass is 636 g/mol. The molecule has 0 spiro atoms. The molecule has 1 fully saturated rings. The van der Waals surface area contributed by atoms with E-state index in [1.165, 1.54) is 11.9 Å². The van der Waals surface area contributed by atoms with Gasteiger partial charge in [-0.25, -0.2) is 14.5 Å². The fourth-order valence-corrected chi connectivity index (χ4v) is 6.11. The summed E-state index contributed by atoms with van der Waals surface area (Å²) in [5, 5.41) is 5.66. The fourth-order valence-electron chi connectivity index (χ4n) is 6.11. The van der Waals surface area contributed by atoms with Crippen LogP contribution in [0.3, 0.4) is 0 Å². The van der Waals surface area contributed by atoms with E-state index in [2.05, 4.69) is 46.3 Å². The van der Waals surface area contributed by atoms with Gasteiger partial charge in [-0.2, -0.15) is 5.10 Å². The van der Waals surface area contributed by atoms with Crippen LogP contribution in [-0.2, 0) is 28.5 Å². The summed E-state index contributed by atoms with van der Waals surface area (Å²) in [4.78, 5) is 25.9. The number of benzene rings is 1. The number of nitrogens with one attached hydrogen (secondary N) is 1. The predicted octanol–water partition coefficient (Wildman–Crippen LogP) is 4.89. The van der Waals surface area contributed by atoms with Gasteiger partial charge in [0.15, 0.2) is 5.82 Å². The number of nitrogen functional groups attached to an aromatic ring is 1. The summed E-state index contributed by atoms with van der Waals surface area (Å²) in [6.07, 6.45) is 6.18. The minimum atomic E-state index is 0.0803. The van der Waals surface area contributed by atoms with Crippen molar-refractivity contribution in [3.63, 3.8) is 0 Å². The number of anilines is 1. The zero-order valence-corrected chi connectivity index (χ0v) is 27.2. The van der Waals surface area contributed by atoms with Crippen LogP contribution in [0, 0.1) is 12.8 Å². The molecular formula is C34H48N6O6. The quantitative estimate of drug-likeness (QED) is 0.129. The minimum Gasteiger partial charge on any atom is -0.382 e. The number of para-hydroxylation sites is 1. The third kappa shape index (κ3) is 8.89. The lowest BCUT2D eigenvalue weighted by atomic mass is 9.79. The second-order valence-corrected chi connectivity index (χ2v) is 11.7. The fraction of sp³-hybridized carbons (Fsp3) is 0.588. The number of aromatic amines is 1. The Bertz CT molecular complexity index is 1530. The maximum Gasteiger partial charge on any atom is 0.153 e. The number of H-pyrrole nitrogens is 1. The number of Topliss-reactive ketones (excluding diaryl/α,β-unsaturated/α-hetero) is 1. The molecule has 3 heterocycles. The average molecular weight is 637 g/mol. The van der Waals surface area contributed by atoms with Gasteiger partial charge in [-0.05, 0) is 57.6 Å². The number of hydrogen-bond acceptors (Lipinski definition) is 10. The summed E-state index contributed by atoms with van der Waals surface area (Å²) in [6.45, 7) is 9.65. The smallest absolute Gasteiger partial charge is 0.153 e. The van der Waals surface area contributed by atoms with E-state index >= 15 is 0 Å². The Kier molecular flexibility index (Phi) is 12.9. The van der Waals surface area contributed by atoms with Crippen molar-refractivity contribution in [3.05, 3.63) is 42.0 Å². The normalized spacial score (nSPS) is 16.9. The number of hydrogen-bond donors (Lipinski definition) is 2. The molecule has 12 heteroatoms. The Balaban J connectivity index is 1.00. The third-order valence-corrected chi connectivity index (χ3v) is 8.56. The number of imidazole rings is 1. The number of nitrogens with two attached hydrogens (primary N) is 1. The Morgan fingerprint density at radius 3 is 2.24 bits per heavy atom. The second kappa shape index (κ2) is 17.5. The number of carbonyl (C=O) groups excluding carboxylic acids is 1. The molecule has 250 valence electrons. The third-order valence-electron chi connectivity index (χ3n) is 8.56.